The number of fused-ring (bicyclic) bond motifs is 7. The number of hydrogen-bond acceptors (Lipinski definition) is 3. The van der Waals surface area contributed by atoms with Gasteiger partial charge in [-0.25, -0.2) is 0 Å². The fraction of sp³-hybridized carbons (Fsp3) is 0.241. The van der Waals surface area contributed by atoms with Crippen LogP contribution in [0.3, 0.4) is 0 Å². The summed E-state index contributed by atoms with van der Waals surface area (Å²) in [6, 6.07) is 84.1. The van der Waals surface area contributed by atoms with E-state index in [0.717, 1.165) is 28.4 Å². The lowest BCUT2D eigenvalue weighted by molar-refractivity contribution is 0.590. The van der Waals surface area contributed by atoms with Gasteiger partial charge in [-0.2, -0.15) is 0 Å². The van der Waals surface area contributed by atoms with Gasteiger partial charge in [-0.1, -0.05) is 236 Å². The third kappa shape index (κ3) is 9.21. The second kappa shape index (κ2) is 19.4. The fourth-order valence-electron chi connectivity index (χ4n) is 13.5. The Kier molecular flexibility index (Phi) is 12.6. The normalized spacial score (nSPS) is 14.2. The lowest BCUT2D eigenvalue weighted by Crippen LogP contribution is -2.61. The average molecular weight is 1080 g/mol. The smallest absolute Gasteiger partial charge is 0.333 e. The van der Waals surface area contributed by atoms with Crippen LogP contribution in [0.15, 0.2) is 218 Å². The summed E-state index contributed by atoms with van der Waals surface area (Å²) in [6.45, 7) is 32.3. The van der Waals surface area contributed by atoms with Gasteiger partial charge in [0.25, 0.3) is 0 Å². The highest BCUT2D eigenvalue weighted by Gasteiger charge is 2.48. The second-order valence-corrected chi connectivity index (χ2v) is 28.3. The van der Waals surface area contributed by atoms with Gasteiger partial charge in [0.1, 0.15) is 0 Å². The first kappa shape index (κ1) is 53.9. The van der Waals surface area contributed by atoms with Crippen LogP contribution in [0.2, 0.25) is 0 Å². The van der Waals surface area contributed by atoms with Crippen LogP contribution in [-0.4, -0.2) is 6.85 Å². The second-order valence-electron chi connectivity index (χ2n) is 28.3. The molecule has 2 aliphatic heterocycles. The SMILES string of the molecule is CC(C)(C)c1ccc(N2B3c4cc5c(cc4N(c4ccc(C(C)(C)C)cc4-c4ccccc4)c4cc(-c6ccccc6)cc(c43)-c3ccc(N(c4ccc(C(C)(C)C)cc4)c4ccc(C(C)(C)C)cc4)cc32)C(C)(C)c2ccccc2-5)cc1. The molecule has 2 heterocycles. The number of nitrogens with zero attached hydrogens (tertiary/aromatic N) is 3. The van der Waals surface area contributed by atoms with Crippen molar-refractivity contribution in [1.29, 1.82) is 0 Å². The van der Waals surface area contributed by atoms with E-state index in [1.165, 1.54) is 106 Å². The van der Waals surface area contributed by atoms with Crippen molar-refractivity contribution in [3.05, 3.63) is 252 Å². The molecule has 83 heavy (non-hydrogen) atoms. The summed E-state index contributed by atoms with van der Waals surface area (Å²) < 4.78 is 0. The maximum absolute atomic E-state index is 2.71. The Morgan fingerprint density at radius 1 is 0.337 bits per heavy atom. The summed E-state index contributed by atoms with van der Waals surface area (Å²) >= 11 is 0. The molecule has 0 radical (unpaired) electrons. The molecule has 3 nitrogen and oxygen atoms in total. The van der Waals surface area contributed by atoms with E-state index in [4.69, 9.17) is 0 Å². The van der Waals surface area contributed by atoms with Gasteiger partial charge in [-0.3, -0.25) is 0 Å². The molecule has 3 aliphatic rings. The van der Waals surface area contributed by atoms with E-state index in [2.05, 4.69) is 330 Å². The van der Waals surface area contributed by atoms with Crippen molar-refractivity contribution in [2.24, 2.45) is 0 Å². The zero-order valence-electron chi connectivity index (χ0n) is 51.2. The minimum atomic E-state index is -0.238. The molecule has 0 aromatic heterocycles. The Hall–Kier alpha value is -8.34. The van der Waals surface area contributed by atoms with Crippen LogP contribution in [0.5, 0.6) is 0 Å². The summed E-state index contributed by atoms with van der Waals surface area (Å²) in [5, 5.41) is 0. The van der Waals surface area contributed by atoms with Crippen molar-refractivity contribution < 1.29 is 0 Å². The average Bonchev–Trinajstić information content (AvgIpc) is 1.76. The van der Waals surface area contributed by atoms with Gasteiger partial charge in [0, 0.05) is 56.4 Å². The highest BCUT2D eigenvalue weighted by atomic mass is 15.2. The van der Waals surface area contributed by atoms with Crippen LogP contribution in [0, 0.1) is 0 Å². The van der Waals surface area contributed by atoms with Gasteiger partial charge < -0.3 is 14.6 Å². The van der Waals surface area contributed by atoms with E-state index in [1.54, 1.807) is 0 Å². The lowest BCUT2D eigenvalue weighted by Gasteiger charge is -2.47. The van der Waals surface area contributed by atoms with E-state index in [0.29, 0.717) is 0 Å². The van der Waals surface area contributed by atoms with Crippen molar-refractivity contribution in [1.82, 2.24) is 0 Å². The topological polar surface area (TPSA) is 9.72 Å². The van der Waals surface area contributed by atoms with Gasteiger partial charge in [0.05, 0.1) is 5.69 Å². The Morgan fingerprint density at radius 3 is 1.43 bits per heavy atom. The summed E-state index contributed by atoms with van der Waals surface area (Å²) in [7, 11) is 0. The molecule has 1 aliphatic carbocycles. The molecule has 0 saturated heterocycles. The Bertz CT molecular complexity index is 4070. The van der Waals surface area contributed by atoms with Crippen molar-refractivity contribution in [3.63, 3.8) is 0 Å². The number of anilines is 8. The maximum Gasteiger partial charge on any atom is 0.333 e. The standard InChI is InChI=1S/C79H78BN3/c1-75(2,3)54-29-36-58(37-30-54)81(59-38-31-55(32-39-59)76(4,5)6)61-42-43-63-66-45-53(51-23-17-15-18-24-51)46-73-74(66)80(83(71(63)48-61)60-40-33-56(34-41-60)77(7,8)9)69-49-65-62-27-21-22-28-67(62)79(13,14)68(65)50-72(69)82(73)70-44-35-57(78(10,11)12)47-64(70)52-25-19-16-20-26-52/h15-50H,1-14H3. The largest absolute Gasteiger partial charge is 0.376 e. The van der Waals surface area contributed by atoms with Gasteiger partial charge in [0.15, 0.2) is 0 Å². The molecule has 0 fully saturated rings. The lowest BCUT2D eigenvalue weighted by atomic mass is 9.43. The summed E-state index contributed by atoms with van der Waals surface area (Å²) in [5.74, 6) is 0. The van der Waals surface area contributed by atoms with Gasteiger partial charge >= 0.3 is 6.85 Å². The van der Waals surface area contributed by atoms with Gasteiger partial charge in [-0.15, -0.1) is 0 Å². The van der Waals surface area contributed by atoms with E-state index < -0.39 is 0 Å². The molecular weight excluding hydrogens is 1000 g/mol. The van der Waals surface area contributed by atoms with Crippen LogP contribution in [0.1, 0.15) is 130 Å². The van der Waals surface area contributed by atoms with Crippen LogP contribution < -0.4 is 25.5 Å². The van der Waals surface area contributed by atoms with Crippen LogP contribution >= 0.6 is 0 Å². The quantitative estimate of drug-likeness (QED) is 0.147. The molecule has 13 rings (SSSR count). The Labute approximate surface area is 495 Å². The molecule has 4 heteroatoms. The first-order valence-electron chi connectivity index (χ1n) is 30.0. The zero-order chi connectivity index (χ0) is 58.1. The molecule has 0 unspecified atom stereocenters. The van der Waals surface area contributed by atoms with E-state index in [1.807, 2.05) is 0 Å². The summed E-state index contributed by atoms with van der Waals surface area (Å²) in [5.41, 5.74) is 29.3. The molecule has 0 spiro atoms. The van der Waals surface area contributed by atoms with Gasteiger partial charge in [-0.05, 0) is 178 Å². The molecule has 0 atom stereocenters. The monoisotopic (exact) mass is 1080 g/mol. The van der Waals surface area contributed by atoms with Crippen molar-refractivity contribution >= 4 is 63.3 Å². The maximum atomic E-state index is 2.71. The number of benzene rings is 10. The van der Waals surface area contributed by atoms with E-state index >= 15 is 0 Å². The summed E-state index contributed by atoms with van der Waals surface area (Å²) in [4.78, 5) is 7.84. The molecular formula is C79H78BN3. The first-order chi connectivity index (χ1) is 39.4. The predicted molar refractivity (Wildman–Crippen MR) is 358 cm³/mol. The zero-order valence-corrected chi connectivity index (χ0v) is 51.2. The summed E-state index contributed by atoms with van der Waals surface area (Å²) in [6.07, 6.45) is 0. The molecule has 0 saturated carbocycles. The molecule has 10 aromatic carbocycles. The molecule has 10 aromatic rings. The molecule has 0 bridgehead atoms. The highest BCUT2D eigenvalue weighted by Crippen LogP contribution is 2.55. The Balaban J connectivity index is 1.15. The third-order valence-electron chi connectivity index (χ3n) is 18.3. The van der Waals surface area contributed by atoms with Crippen molar-refractivity contribution in [2.45, 2.75) is 124 Å². The Morgan fingerprint density at radius 2 is 0.855 bits per heavy atom. The molecule has 0 N–H and O–H groups in total. The van der Waals surface area contributed by atoms with E-state index in [-0.39, 0.29) is 33.9 Å². The van der Waals surface area contributed by atoms with Crippen LogP contribution in [0.4, 0.5) is 45.5 Å². The number of hydrogen-bond donors (Lipinski definition) is 0. The van der Waals surface area contributed by atoms with Crippen molar-refractivity contribution in [3.8, 4) is 44.5 Å². The third-order valence-corrected chi connectivity index (χ3v) is 18.3. The van der Waals surface area contributed by atoms with Gasteiger partial charge in [0.2, 0.25) is 0 Å². The molecule has 412 valence electrons. The molecule has 0 amide bonds. The number of rotatable bonds is 7. The fourth-order valence-corrected chi connectivity index (χ4v) is 13.5. The highest BCUT2D eigenvalue weighted by molar-refractivity contribution is 6.93. The van der Waals surface area contributed by atoms with Crippen molar-refractivity contribution in [2.75, 3.05) is 14.6 Å². The predicted octanol–water partition coefficient (Wildman–Crippen LogP) is 20.7. The first-order valence-corrected chi connectivity index (χ1v) is 30.0. The van der Waals surface area contributed by atoms with Crippen LogP contribution in [-0.2, 0) is 27.1 Å². The van der Waals surface area contributed by atoms with E-state index in [9.17, 15) is 0 Å². The minimum absolute atomic E-state index is 0.0141. The van der Waals surface area contributed by atoms with Crippen LogP contribution in [0.25, 0.3) is 44.5 Å². The minimum Gasteiger partial charge on any atom is -0.376 e.